The van der Waals surface area contributed by atoms with Crippen LogP contribution in [0, 0.1) is 0 Å². The molecule has 9 heavy (non-hydrogen) atoms. The first kappa shape index (κ1) is 11.6. The normalized spacial score (nSPS) is 10.1. The van der Waals surface area contributed by atoms with Gasteiger partial charge in [-0.25, -0.2) is 0 Å². The van der Waals surface area contributed by atoms with Gasteiger partial charge in [0.15, 0.2) is 0 Å². The van der Waals surface area contributed by atoms with Crippen LogP contribution < -0.4 is 0 Å². The van der Waals surface area contributed by atoms with E-state index < -0.39 is 18.6 Å². The van der Waals surface area contributed by atoms with Crippen molar-refractivity contribution in [3.8, 4) is 0 Å². The zero-order chi connectivity index (χ0) is 6.78. The summed E-state index contributed by atoms with van der Waals surface area (Å²) in [7, 11) is 0. The Kier molecular flexibility index (Phi) is 4.91. The number of hydrogen-bond donors (Lipinski definition) is 1. The van der Waals surface area contributed by atoms with Gasteiger partial charge in [-0.1, -0.05) is 0 Å². The molecule has 50 valence electrons. The monoisotopic (exact) mass is 136 g/mol. The van der Waals surface area contributed by atoms with Crippen molar-refractivity contribution in [2.24, 2.45) is 0 Å². The van der Waals surface area contributed by atoms with Crippen molar-refractivity contribution in [3.05, 3.63) is 0 Å². The molecule has 0 radical (unpaired) electrons. The molecule has 0 spiro atoms. The quantitative estimate of drug-likeness (QED) is 0.529. The third-order valence-electron chi connectivity index (χ3n) is 0.352. The van der Waals surface area contributed by atoms with Gasteiger partial charge in [0.2, 0.25) is 0 Å². The number of carbonyl (C=O) groups is 1. The van der Waals surface area contributed by atoms with Crippen molar-refractivity contribution in [3.63, 3.8) is 0 Å². The molecule has 0 aliphatic rings. The molecule has 6 heteroatoms. The van der Waals surface area contributed by atoms with Gasteiger partial charge in [-0.15, -0.1) is 0 Å². The minimum absolute atomic E-state index is 0. The summed E-state index contributed by atoms with van der Waals surface area (Å²) in [6, 6.07) is 0. The van der Waals surface area contributed by atoms with Gasteiger partial charge in [-0.2, -0.15) is 13.2 Å². The number of carboxylic acids is 1. The number of rotatable bonds is 1. The summed E-state index contributed by atoms with van der Waals surface area (Å²) in [6.07, 6.45) is -6.33. The number of carboxylic acid groups (broad SMARTS) is 1. The van der Waals surface area contributed by atoms with Crippen LogP contribution in [0.15, 0.2) is 0 Å². The van der Waals surface area contributed by atoms with Gasteiger partial charge < -0.3 is 5.11 Å². The van der Waals surface area contributed by atoms with Gasteiger partial charge in [-0.3, -0.25) is 4.79 Å². The number of hydrogen-bond acceptors (Lipinski definition) is 1. The van der Waals surface area contributed by atoms with E-state index in [1.807, 2.05) is 0 Å². The van der Waals surface area contributed by atoms with Crippen molar-refractivity contribution in [2.75, 3.05) is 0 Å². The summed E-state index contributed by atoms with van der Waals surface area (Å²) >= 11 is 0. The Bertz CT molecular complexity index is 99.7. The molecule has 0 aromatic rings. The van der Waals surface area contributed by atoms with Gasteiger partial charge in [0.05, 0.1) is 0 Å². The predicted octanol–water partition coefficient (Wildman–Crippen LogP) is 0.375. The van der Waals surface area contributed by atoms with E-state index in [9.17, 15) is 18.0 Å². The van der Waals surface area contributed by atoms with Crippen LogP contribution in [-0.2, 0) is 4.79 Å². The first-order chi connectivity index (χ1) is 3.42. The maximum absolute atomic E-state index is 10.9. The molecule has 0 saturated carbocycles. The summed E-state index contributed by atoms with van der Waals surface area (Å²) in [4.78, 5) is 9.29. The van der Waals surface area contributed by atoms with E-state index in [0.29, 0.717) is 0 Å². The molecule has 0 unspecified atom stereocenters. The van der Waals surface area contributed by atoms with E-state index in [0.717, 1.165) is 0 Å². The maximum atomic E-state index is 10.9. The first-order valence-corrected chi connectivity index (χ1v) is 1.70. The molecule has 0 aliphatic heterocycles. The Balaban J connectivity index is 0. The Labute approximate surface area is 61.2 Å². The summed E-state index contributed by atoms with van der Waals surface area (Å²) in [5.74, 6) is -1.85. The standard InChI is InChI=1S/C3H3F3O2.Li.H/c4-3(5,6)1-2(7)8;;/h1H2,(H,7,8);;. The second-order valence-corrected chi connectivity index (χ2v) is 1.19. The van der Waals surface area contributed by atoms with Gasteiger partial charge in [-0.05, 0) is 0 Å². The van der Waals surface area contributed by atoms with Crippen LogP contribution in [0.1, 0.15) is 6.42 Å². The van der Waals surface area contributed by atoms with Crippen molar-refractivity contribution in [1.29, 1.82) is 0 Å². The third-order valence-corrected chi connectivity index (χ3v) is 0.352. The molecule has 0 heterocycles. The fourth-order valence-corrected chi connectivity index (χ4v) is 0.171. The van der Waals surface area contributed by atoms with Crippen LogP contribution in [-0.4, -0.2) is 36.1 Å². The molecule has 0 atom stereocenters. The molecule has 0 fully saturated rings. The van der Waals surface area contributed by atoms with E-state index in [-0.39, 0.29) is 18.9 Å². The van der Waals surface area contributed by atoms with Gasteiger partial charge in [0.25, 0.3) is 0 Å². The van der Waals surface area contributed by atoms with Crippen molar-refractivity contribution >= 4 is 24.8 Å². The van der Waals surface area contributed by atoms with Gasteiger partial charge in [0, 0.05) is 0 Å². The average Bonchev–Trinajstić information content (AvgIpc) is 1.21. The van der Waals surface area contributed by atoms with Crippen LogP contribution in [0.3, 0.4) is 0 Å². The number of alkyl halides is 3. The number of aliphatic carboxylic acids is 1. The van der Waals surface area contributed by atoms with Crippen molar-refractivity contribution in [2.45, 2.75) is 12.6 Å². The summed E-state index contributed by atoms with van der Waals surface area (Å²) < 4.78 is 32.8. The zero-order valence-electron chi connectivity index (χ0n) is 3.70. The second-order valence-electron chi connectivity index (χ2n) is 1.19. The van der Waals surface area contributed by atoms with Crippen LogP contribution in [0.25, 0.3) is 0 Å². The molecular formula is C3H4F3LiO2. The predicted molar refractivity (Wildman–Crippen MR) is 25.5 cm³/mol. The number of halogens is 3. The van der Waals surface area contributed by atoms with E-state index >= 15 is 0 Å². The molecule has 0 bridgehead atoms. The summed E-state index contributed by atoms with van der Waals surface area (Å²) in [6.45, 7) is 0. The van der Waals surface area contributed by atoms with Gasteiger partial charge >= 0.3 is 31.0 Å². The molecule has 0 aromatic heterocycles. The Morgan fingerprint density at radius 1 is 1.44 bits per heavy atom. The molecule has 0 saturated heterocycles. The zero-order valence-corrected chi connectivity index (χ0v) is 3.70. The molecular weight excluding hydrogens is 132 g/mol. The van der Waals surface area contributed by atoms with Crippen molar-refractivity contribution in [1.82, 2.24) is 0 Å². The van der Waals surface area contributed by atoms with E-state index in [2.05, 4.69) is 0 Å². The van der Waals surface area contributed by atoms with E-state index in [1.165, 1.54) is 0 Å². The molecule has 2 nitrogen and oxygen atoms in total. The molecule has 0 aromatic carbocycles. The van der Waals surface area contributed by atoms with Crippen LogP contribution in [0.5, 0.6) is 0 Å². The SMILES string of the molecule is O=C(O)CC(F)(F)F.[LiH]. The van der Waals surface area contributed by atoms with Crippen molar-refractivity contribution < 1.29 is 23.1 Å². The second kappa shape index (κ2) is 3.80. The summed E-state index contributed by atoms with van der Waals surface area (Å²) in [5, 5.41) is 7.53. The molecule has 0 aliphatic carbocycles. The van der Waals surface area contributed by atoms with Crippen LogP contribution in [0.4, 0.5) is 13.2 Å². The Morgan fingerprint density at radius 2 is 1.78 bits per heavy atom. The van der Waals surface area contributed by atoms with Gasteiger partial charge in [0.1, 0.15) is 6.42 Å². The van der Waals surface area contributed by atoms with Crippen LogP contribution in [0.2, 0.25) is 0 Å². The molecule has 0 rings (SSSR count). The van der Waals surface area contributed by atoms with E-state index in [4.69, 9.17) is 5.11 Å². The summed E-state index contributed by atoms with van der Waals surface area (Å²) in [5.41, 5.74) is 0. The average molecular weight is 136 g/mol. The Morgan fingerprint density at radius 3 is 1.78 bits per heavy atom. The first-order valence-electron chi connectivity index (χ1n) is 1.70. The topological polar surface area (TPSA) is 37.3 Å². The fraction of sp³-hybridized carbons (Fsp3) is 0.667. The third kappa shape index (κ3) is 11.4. The molecule has 0 amide bonds. The van der Waals surface area contributed by atoms with E-state index in [1.54, 1.807) is 0 Å². The fourth-order valence-electron chi connectivity index (χ4n) is 0.171. The molecule has 1 N–H and O–H groups in total. The van der Waals surface area contributed by atoms with Crippen LogP contribution >= 0.6 is 0 Å². The Hall–Kier alpha value is -0.143. The minimum atomic E-state index is -4.58.